The minimum atomic E-state index is 0.532. The number of anilines is 2. The SMILES string of the molecule is CCN(C)/C=N\c1cc(Cl)c(N(C)c2ccccc2Cl)cc1Cl. The van der Waals surface area contributed by atoms with Gasteiger partial charge in [0, 0.05) is 20.6 Å². The Hall–Kier alpha value is -1.42. The number of aliphatic imine (C=N–C) groups is 1. The van der Waals surface area contributed by atoms with Crippen molar-refractivity contribution in [2.24, 2.45) is 4.99 Å². The topological polar surface area (TPSA) is 18.8 Å². The Morgan fingerprint density at radius 1 is 0.957 bits per heavy atom. The number of nitrogens with zero attached hydrogens (tertiary/aromatic N) is 3. The van der Waals surface area contributed by atoms with Crippen LogP contribution in [0.1, 0.15) is 6.92 Å². The van der Waals surface area contributed by atoms with E-state index >= 15 is 0 Å². The lowest BCUT2D eigenvalue weighted by Crippen LogP contribution is -2.14. The summed E-state index contributed by atoms with van der Waals surface area (Å²) in [7, 11) is 3.84. The molecular weight excluding hydrogens is 353 g/mol. The molecule has 2 rings (SSSR count). The minimum Gasteiger partial charge on any atom is -0.366 e. The first-order chi connectivity index (χ1) is 10.9. The normalized spacial score (nSPS) is 11.0. The third-order valence-corrected chi connectivity index (χ3v) is 4.41. The molecule has 0 amide bonds. The molecule has 2 aromatic carbocycles. The second-order valence-corrected chi connectivity index (χ2v) is 6.30. The third-order valence-electron chi connectivity index (χ3n) is 3.48. The molecular formula is C17H18Cl3N3. The van der Waals surface area contributed by atoms with Gasteiger partial charge in [0.25, 0.3) is 0 Å². The molecule has 0 bridgehead atoms. The van der Waals surface area contributed by atoms with E-state index in [0.717, 1.165) is 17.9 Å². The quantitative estimate of drug-likeness (QED) is 0.473. The van der Waals surface area contributed by atoms with E-state index < -0.39 is 0 Å². The van der Waals surface area contributed by atoms with Crippen LogP contribution in [0.15, 0.2) is 41.4 Å². The van der Waals surface area contributed by atoms with E-state index in [9.17, 15) is 0 Å². The van der Waals surface area contributed by atoms with Crippen molar-refractivity contribution in [2.45, 2.75) is 6.92 Å². The van der Waals surface area contributed by atoms with Crippen molar-refractivity contribution in [3.05, 3.63) is 51.5 Å². The van der Waals surface area contributed by atoms with E-state index in [0.29, 0.717) is 20.8 Å². The molecule has 0 unspecified atom stereocenters. The van der Waals surface area contributed by atoms with Crippen molar-refractivity contribution in [2.75, 3.05) is 25.5 Å². The number of hydrogen-bond acceptors (Lipinski definition) is 2. The lowest BCUT2D eigenvalue weighted by Gasteiger charge is -2.22. The summed E-state index contributed by atoms with van der Waals surface area (Å²) >= 11 is 19.0. The summed E-state index contributed by atoms with van der Waals surface area (Å²) in [5, 5.41) is 1.74. The lowest BCUT2D eigenvalue weighted by atomic mass is 10.2. The van der Waals surface area contributed by atoms with E-state index in [2.05, 4.69) is 4.99 Å². The van der Waals surface area contributed by atoms with Gasteiger partial charge in [-0.15, -0.1) is 0 Å². The lowest BCUT2D eigenvalue weighted by molar-refractivity contribution is 0.552. The van der Waals surface area contributed by atoms with E-state index in [4.69, 9.17) is 34.8 Å². The van der Waals surface area contributed by atoms with Crippen molar-refractivity contribution in [3.8, 4) is 0 Å². The largest absolute Gasteiger partial charge is 0.366 e. The van der Waals surface area contributed by atoms with Crippen molar-refractivity contribution in [1.82, 2.24) is 4.90 Å². The van der Waals surface area contributed by atoms with Crippen molar-refractivity contribution < 1.29 is 0 Å². The summed E-state index contributed by atoms with van der Waals surface area (Å²) < 4.78 is 0. The third kappa shape index (κ3) is 4.31. The van der Waals surface area contributed by atoms with Crippen molar-refractivity contribution >= 4 is 58.2 Å². The zero-order valence-corrected chi connectivity index (χ0v) is 15.5. The highest BCUT2D eigenvalue weighted by atomic mass is 35.5. The smallest absolute Gasteiger partial charge is 0.0910 e. The second kappa shape index (κ2) is 7.91. The molecule has 2 aromatic rings. The number of hydrogen-bond donors (Lipinski definition) is 0. The molecule has 0 radical (unpaired) electrons. The molecule has 0 aromatic heterocycles. The molecule has 0 atom stereocenters. The van der Waals surface area contributed by atoms with Crippen LogP contribution in [-0.2, 0) is 0 Å². The molecule has 122 valence electrons. The molecule has 23 heavy (non-hydrogen) atoms. The van der Waals surface area contributed by atoms with Crippen LogP contribution in [-0.4, -0.2) is 31.9 Å². The number of para-hydroxylation sites is 1. The Bertz CT molecular complexity index is 716. The van der Waals surface area contributed by atoms with Crippen LogP contribution in [0.5, 0.6) is 0 Å². The fraction of sp³-hybridized carbons (Fsp3) is 0.235. The highest BCUT2D eigenvalue weighted by Crippen LogP contribution is 2.39. The maximum absolute atomic E-state index is 6.42. The first-order valence-corrected chi connectivity index (χ1v) is 8.29. The average Bonchev–Trinajstić information content (AvgIpc) is 2.54. The standard InChI is InChI=1S/C17H18Cl3N3/c1-4-22(2)11-21-15-9-14(20)17(10-13(15)19)23(3)16-8-6-5-7-12(16)18/h5-11H,4H2,1-3H3/b21-11-. The summed E-state index contributed by atoms with van der Waals surface area (Å²) in [6.07, 6.45) is 1.73. The zero-order valence-electron chi connectivity index (χ0n) is 13.2. The van der Waals surface area contributed by atoms with E-state index in [1.165, 1.54) is 0 Å². The summed E-state index contributed by atoms with van der Waals surface area (Å²) in [6, 6.07) is 11.1. The first-order valence-electron chi connectivity index (χ1n) is 7.15. The van der Waals surface area contributed by atoms with Crippen LogP contribution in [0.25, 0.3) is 0 Å². The van der Waals surface area contributed by atoms with Gasteiger partial charge in [-0.25, -0.2) is 4.99 Å². The summed E-state index contributed by atoms with van der Waals surface area (Å²) in [4.78, 5) is 8.23. The van der Waals surface area contributed by atoms with Gasteiger partial charge < -0.3 is 9.80 Å². The summed E-state index contributed by atoms with van der Waals surface area (Å²) in [5.41, 5.74) is 2.26. The number of benzene rings is 2. The molecule has 6 heteroatoms. The van der Waals surface area contributed by atoms with Crippen molar-refractivity contribution in [3.63, 3.8) is 0 Å². The highest BCUT2D eigenvalue weighted by Gasteiger charge is 2.14. The van der Waals surface area contributed by atoms with E-state index in [-0.39, 0.29) is 0 Å². The molecule has 0 spiro atoms. The fourth-order valence-electron chi connectivity index (χ4n) is 1.98. The zero-order chi connectivity index (χ0) is 17.0. The molecule has 0 N–H and O–H groups in total. The van der Waals surface area contributed by atoms with Gasteiger partial charge in [-0.2, -0.15) is 0 Å². The molecule has 0 heterocycles. The molecule has 3 nitrogen and oxygen atoms in total. The Balaban J connectivity index is 2.37. The van der Waals surface area contributed by atoms with Gasteiger partial charge in [-0.3, -0.25) is 0 Å². The molecule has 0 saturated carbocycles. The van der Waals surface area contributed by atoms with Crippen LogP contribution in [0, 0.1) is 0 Å². The average molecular weight is 371 g/mol. The molecule has 0 aliphatic rings. The summed E-state index contributed by atoms with van der Waals surface area (Å²) in [5.74, 6) is 0. The van der Waals surface area contributed by atoms with Gasteiger partial charge in [-0.1, -0.05) is 46.9 Å². The molecule has 0 aliphatic carbocycles. The Labute approximate surface area is 152 Å². The van der Waals surface area contributed by atoms with Crippen LogP contribution in [0.4, 0.5) is 17.1 Å². The predicted octanol–water partition coefficient (Wildman–Crippen LogP) is 6.03. The van der Waals surface area contributed by atoms with Gasteiger partial charge >= 0.3 is 0 Å². The highest BCUT2D eigenvalue weighted by molar-refractivity contribution is 6.37. The Morgan fingerprint density at radius 3 is 2.30 bits per heavy atom. The first kappa shape index (κ1) is 17.9. The molecule has 0 fully saturated rings. The van der Waals surface area contributed by atoms with Crippen LogP contribution < -0.4 is 4.90 Å². The Kier molecular flexibility index (Phi) is 6.17. The monoisotopic (exact) mass is 369 g/mol. The van der Waals surface area contributed by atoms with Gasteiger partial charge in [0.2, 0.25) is 0 Å². The Morgan fingerprint density at radius 2 is 1.65 bits per heavy atom. The van der Waals surface area contributed by atoms with Gasteiger partial charge in [-0.05, 0) is 31.2 Å². The van der Waals surface area contributed by atoms with Crippen molar-refractivity contribution in [1.29, 1.82) is 0 Å². The molecule has 0 saturated heterocycles. The van der Waals surface area contributed by atoms with Crippen LogP contribution in [0.3, 0.4) is 0 Å². The fourth-order valence-corrected chi connectivity index (χ4v) is 2.73. The number of halogens is 3. The van der Waals surface area contributed by atoms with Gasteiger partial charge in [0.05, 0.1) is 38.5 Å². The molecule has 0 aliphatic heterocycles. The van der Waals surface area contributed by atoms with Crippen LogP contribution >= 0.6 is 34.8 Å². The van der Waals surface area contributed by atoms with E-state index in [1.54, 1.807) is 18.5 Å². The maximum atomic E-state index is 6.42. The van der Waals surface area contributed by atoms with Crippen LogP contribution in [0.2, 0.25) is 15.1 Å². The van der Waals surface area contributed by atoms with Gasteiger partial charge in [0.1, 0.15) is 0 Å². The predicted molar refractivity (Wildman–Crippen MR) is 102 cm³/mol. The number of rotatable bonds is 5. The van der Waals surface area contributed by atoms with Gasteiger partial charge in [0.15, 0.2) is 0 Å². The van der Waals surface area contributed by atoms with E-state index in [1.807, 2.05) is 55.1 Å². The second-order valence-electron chi connectivity index (χ2n) is 5.08. The summed E-state index contributed by atoms with van der Waals surface area (Å²) in [6.45, 7) is 2.91. The maximum Gasteiger partial charge on any atom is 0.0910 e. The minimum absolute atomic E-state index is 0.532.